The van der Waals surface area contributed by atoms with E-state index in [4.69, 9.17) is 18.6 Å². The van der Waals surface area contributed by atoms with Gasteiger partial charge in [0.15, 0.2) is 0 Å². The number of rotatable bonds is 6. The van der Waals surface area contributed by atoms with Crippen molar-refractivity contribution in [3.63, 3.8) is 0 Å². The van der Waals surface area contributed by atoms with Gasteiger partial charge < -0.3 is 19.3 Å². The van der Waals surface area contributed by atoms with Gasteiger partial charge >= 0.3 is 11.5 Å². The highest BCUT2D eigenvalue weighted by atomic mass is 16.5. The first kappa shape index (κ1) is 30.6. The molecule has 1 N–H and O–H groups in total. The van der Waals surface area contributed by atoms with Crippen molar-refractivity contribution in [3.05, 3.63) is 124 Å². The molecule has 2 aromatic carbocycles. The second-order valence-electron chi connectivity index (χ2n) is 13.0. The Kier molecular flexibility index (Phi) is 8.13. The smallest absolute Gasteiger partial charge is 0.360 e. The van der Waals surface area contributed by atoms with Gasteiger partial charge in [-0.3, -0.25) is 4.79 Å². The molecule has 0 atom stereocenters. The molecule has 0 saturated carbocycles. The van der Waals surface area contributed by atoms with Crippen molar-refractivity contribution >= 4 is 17.6 Å². The maximum absolute atomic E-state index is 13.4. The summed E-state index contributed by atoms with van der Waals surface area (Å²) in [5.41, 5.74) is 3.24. The van der Waals surface area contributed by atoms with E-state index in [1.54, 1.807) is 26.4 Å². The SMILES string of the molecule is COc1ccc(C2=CC(=CC3=C(O)C(=Cc4cc(-c5ccc(OC)cc5)[o+]c(C(C)(C)C)c4)C3=O)C=C(C(C)(C)C)O2)cc1. The van der Waals surface area contributed by atoms with E-state index in [9.17, 15) is 9.90 Å². The minimum atomic E-state index is -0.277. The van der Waals surface area contributed by atoms with E-state index < -0.39 is 0 Å². The number of benzene rings is 2. The van der Waals surface area contributed by atoms with Crippen LogP contribution in [0, 0.1) is 5.41 Å². The van der Waals surface area contributed by atoms with Gasteiger partial charge in [0.1, 0.15) is 28.8 Å². The molecule has 0 saturated heterocycles. The average molecular weight is 592 g/mol. The summed E-state index contributed by atoms with van der Waals surface area (Å²) < 4.78 is 23.1. The fraction of sp³-hybridized carbons (Fsp3) is 0.263. The van der Waals surface area contributed by atoms with Crippen LogP contribution in [0.2, 0.25) is 0 Å². The van der Waals surface area contributed by atoms with E-state index in [2.05, 4.69) is 41.5 Å². The molecule has 44 heavy (non-hydrogen) atoms. The minimum absolute atomic E-state index is 0.0387. The molecule has 2 heterocycles. The molecular weight excluding hydrogens is 552 g/mol. The van der Waals surface area contributed by atoms with E-state index in [1.165, 1.54) is 0 Å². The zero-order valence-corrected chi connectivity index (χ0v) is 26.6. The second kappa shape index (κ2) is 11.7. The molecule has 0 amide bonds. The summed E-state index contributed by atoms with van der Waals surface area (Å²) in [6.07, 6.45) is 7.23. The van der Waals surface area contributed by atoms with Gasteiger partial charge in [-0.2, -0.15) is 0 Å². The molecule has 6 nitrogen and oxygen atoms in total. The Morgan fingerprint density at radius 2 is 1.36 bits per heavy atom. The number of aliphatic hydroxyl groups excluding tert-OH is 1. The molecule has 3 aromatic rings. The Hall–Kier alpha value is -4.84. The molecule has 0 unspecified atom stereocenters. The van der Waals surface area contributed by atoms with Gasteiger partial charge in [0.2, 0.25) is 5.78 Å². The van der Waals surface area contributed by atoms with Crippen molar-refractivity contribution in [2.75, 3.05) is 14.2 Å². The van der Waals surface area contributed by atoms with Crippen LogP contribution in [0.1, 0.15) is 58.4 Å². The maximum atomic E-state index is 13.4. The molecule has 0 spiro atoms. The van der Waals surface area contributed by atoms with Crippen molar-refractivity contribution in [1.82, 2.24) is 0 Å². The van der Waals surface area contributed by atoms with Gasteiger partial charge in [-0.25, -0.2) is 4.42 Å². The Morgan fingerprint density at radius 3 is 1.89 bits per heavy atom. The number of ether oxygens (including phenoxy) is 3. The number of hydrogen-bond donors (Lipinski definition) is 1. The summed E-state index contributed by atoms with van der Waals surface area (Å²) in [6, 6.07) is 19.0. The van der Waals surface area contributed by atoms with Gasteiger partial charge in [0.05, 0.1) is 42.4 Å². The second-order valence-corrected chi connectivity index (χ2v) is 13.0. The third kappa shape index (κ3) is 6.40. The number of methoxy groups -OCH3 is 2. The molecular formula is C38H39O6+. The van der Waals surface area contributed by atoms with Crippen LogP contribution in [-0.4, -0.2) is 25.1 Å². The summed E-state index contributed by atoms with van der Waals surface area (Å²) in [4.78, 5) is 13.4. The molecule has 6 heteroatoms. The number of hydrogen-bond acceptors (Lipinski definition) is 5. The van der Waals surface area contributed by atoms with E-state index >= 15 is 0 Å². The lowest BCUT2D eigenvalue weighted by atomic mass is 9.84. The highest BCUT2D eigenvalue weighted by Gasteiger charge is 2.34. The number of Topliss-reactive ketones (excluding diaryl/α,β-unsaturated/α-hetero) is 1. The Bertz CT molecular complexity index is 1750. The van der Waals surface area contributed by atoms with Crippen molar-refractivity contribution < 1.29 is 28.5 Å². The number of carbonyl (C=O) groups is 1. The Morgan fingerprint density at radius 1 is 0.773 bits per heavy atom. The first-order valence-corrected chi connectivity index (χ1v) is 14.6. The summed E-state index contributed by atoms with van der Waals surface area (Å²) in [6.45, 7) is 12.4. The standard InChI is InChI=1S/C38H38O6/c1-37(2,3)33-21-23(19-31(43-33)25-9-13-27(41-7)14-10-25)17-29-35(39)30(36(29)40)18-24-20-32(44-34(22-24)38(4,5)6)26-11-15-28(42-8)16-12-26/h9-22H,1-8H3/p+1. The zero-order valence-electron chi connectivity index (χ0n) is 26.6. The lowest BCUT2D eigenvalue weighted by molar-refractivity contribution is -0.113. The van der Waals surface area contributed by atoms with E-state index in [1.807, 2.05) is 72.8 Å². The predicted molar refractivity (Wildman–Crippen MR) is 174 cm³/mol. The molecule has 226 valence electrons. The van der Waals surface area contributed by atoms with Gasteiger partial charge in [-0.05, 0) is 105 Å². The van der Waals surface area contributed by atoms with Gasteiger partial charge in [-0.15, -0.1) is 0 Å². The highest BCUT2D eigenvalue weighted by molar-refractivity contribution is 6.23. The summed E-state index contributed by atoms with van der Waals surface area (Å²) in [5, 5.41) is 11.1. The lowest BCUT2D eigenvalue weighted by Crippen LogP contribution is -2.21. The summed E-state index contributed by atoms with van der Waals surface area (Å²) >= 11 is 0. The molecule has 0 bridgehead atoms. The first-order valence-electron chi connectivity index (χ1n) is 14.6. The number of ketones is 1. The van der Waals surface area contributed by atoms with Crippen molar-refractivity contribution in [2.45, 2.75) is 47.0 Å². The number of carbonyl (C=O) groups excluding carboxylic acids is 1. The normalized spacial score (nSPS) is 17.2. The third-order valence-electron chi connectivity index (χ3n) is 7.48. The number of aliphatic hydroxyl groups is 1. The molecule has 0 fully saturated rings. The van der Waals surface area contributed by atoms with E-state index in [-0.39, 0.29) is 33.5 Å². The topological polar surface area (TPSA) is 76.3 Å². The zero-order chi connectivity index (χ0) is 31.8. The molecule has 1 aliphatic carbocycles. The summed E-state index contributed by atoms with van der Waals surface area (Å²) in [5.74, 6) is 4.06. The van der Waals surface area contributed by atoms with Crippen molar-refractivity contribution in [3.8, 4) is 22.8 Å². The van der Waals surface area contributed by atoms with E-state index in [0.717, 1.165) is 45.3 Å². The average Bonchev–Trinajstić information content (AvgIpc) is 3.01. The van der Waals surface area contributed by atoms with Crippen LogP contribution in [-0.2, 0) is 14.9 Å². The first-order chi connectivity index (χ1) is 20.8. The number of allylic oxidation sites excluding steroid dienone is 7. The summed E-state index contributed by atoms with van der Waals surface area (Å²) in [7, 11) is 3.25. The van der Waals surface area contributed by atoms with Crippen LogP contribution in [0.5, 0.6) is 11.5 Å². The minimum Gasteiger partial charge on any atom is -0.506 e. The van der Waals surface area contributed by atoms with Crippen LogP contribution >= 0.6 is 0 Å². The predicted octanol–water partition coefficient (Wildman–Crippen LogP) is 9.25. The molecule has 0 radical (unpaired) electrons. The van der Waals surface area contributed by atoms with Crippen LogP contribution in [0.15, 0.2) is 112 Å². The highest BCUT2D eigenvalue weighted by Crippen LogP contribution is 2.39. The van der Waals surface area contributed by atoms with Crippen LogP contribution in [0.3, 0.4) is 0 Å². The largest absolute Gasteiger partial charge is 0.506 e. The quantitative estimate of drug-likeness (QED) is 0.227. The van der Waals surface area contributed by atoms with Crippen molar-refractivity contribution in [2.24, 2.45) is 5.41 Å². The maximum Gasteiger partial charge on any atom is 0.360 e. The van der Waals surface area contributed by atoms with Gasteiger partial charge in [0.25, 0.3) is 0 Å². The fourth-order valence-electron chi connectivity index (χ4n) is 4.79. The monoisotopic (exact) mass is 591 g/mol. The van der Waals surface area contributed by atoms with Crippen LogP contribution in [0.25, 0.3) is 23.2 Å². The van der Waals surface area contributed by atoms with Gasteiger partial charge in [0, 0.05) is 17.0 Å². The van der Waals surface area contributed by atoms with Crippen molar-refractivity contribution in [1.29, 1.82) is 0 Å². The Labute approximate surface area is 259 Å². The van der Waals surface area contributed by atoms with Gasteiger partial charge in [-0.1, -0.05) is 20.8 Å². The molecule has 1 aliphatic heterocycles. The Balaban J connectivity index is 1.53. The third-order valence-corrected chi connectivity index (χ3v) is 7.48. The van der Waals surface area contributed by atoms with Crippen LogP contribution < -0.4 is 9.47 Å². The molecule has 2 aliphatic rings. The lowest BCUT2D eigenvalue weighted by Gasteiger charge is -2.28. The van der Waals surface area contributed by atoms with Crippen LogP contribution in [0.4, 0.5) is 0 Å². The molecule has 1 aromatic heterocycles. The fourth-order valence-corrected chi connectivity index (χ4v) is 4.79. The van der Waals surface area contributed by atoms with E-state index in [0.29, 0.717) is 11.5 Å². The molecule has 5 rings (SSSR count).